The molecule has 0 bridgehead atoms. The molecule has 5 nitrogen and oxygen atoms in total. The van der Waals surface area contributed by atoms with Crippen LogP contribution in [0.2, 0.25) is 0 Å². The van der Waals surface area contributed by atoms with Crippen LogP contribution in [0.25, 0.3) is 0 Å². The van der Waals surface area contributed by atoms with Crippen molar-refractivity contribution in [3.63, 3.8) is 0 Å². The topological polar surface area (TPSA) is 61.8 Å². The molecule has 1 aliphatic carbocycles. The lowest BCUT2D eigenvalue weighted by molar-refractivity contribution is -0.157. The van der Waals surface area contributed by atoms with E-state index in [0.717, 1.165) is 30.9 Å². The highest BCUT2D eigenvalue weighted by Crippen LogP contribution is 2.35. The van der Waals surface area contributed by atoms with E-state index >= 15 is 0 Å². The number of hydrogen-bond acceptors (Lipinski definition) is 5. The summed E-state index contributed by atoms with van der Waals surface area (Å²) >= 11 is 0. The van der Waals surface area contributed by atoms with Gasteiger partial charge in [-0.05, 0) is 74.3 Å². The molecular formula is C28H33F3O5. The number of unbranched alkanes of at least 4 members (excludes halogenated alkanes) is 1. The molecule has 0 saturated heterocycles. The Morgan fingerprint density at radius 3 is 2.28 bits per heavy atom. The Hall–Kier alpha value is -3.03. The van der Waals surface area contributed by atoms with E-state index in [1.54, 1.807) is 12.1 Å². The largest absolute Gasteiger partial charge is 0.490 e. The molecule has 0 aliphatic heterocycles. The van der Waals surface area contributed by atoms with Gasteiger partial charge in [-0.25, -0.2) is 18.4 Å². The molecule has 1 fully saturated rings. The molecule has 1 saturated carbocycles. The van der Waals surface area contributed by atoms with Crippen molar-refractivity contribution < 1.29 is 37.0 Å². The minimum atomic E-state index is -1.56. The van der Waals surface area contributed by atoms with Crippen molar-refractivity contribution in [1.82, 2.24) is 0 Å². The van der Waals surface area contributed by atoms with Gasteiger partial charge in [-0.15, -0.1) is 0 Å². The van der Waals surface area contributed by atoms with Crippen LogP contribution in [0, 0.1) is 11.6 Å². The van der Waals surface area contributed by atoms with Crippen LogP contribution in [-0.2, 0) is 9.53 Å². The van der Waals surface area contributed by atoms with Crippen LogP contribution in [0.3, 0.4) is 0 Å². The monoisotopic (exact) mass is 506 g/mol. The number of esters is 2. The molecule has 0 amide bonds. The van der Waals surface area contributed by atoms with Gasteiger partial charge in [0.15, 0.2) is 17.7 Å². The molecule has 2 aromatic carbocycles. The second-order valence-corrected chi connectivity index (χ2v) is 9.07. The Kier molecular flexibility index (Phi) is 10.2. The van der Waals surface area contributed by atoms with Gasteiger partial charge in [0.2, 0.25) is 5.82 Å². The summed E-state index contributed by atoms with van der Waals surface area (Å²) in [6.45, 7) is 4.02. The lowest BCUT2D eigenvalue weighted by Gasteiger charge is -2.29. The van der Waals surface area contributed by atoms with E-state index in [9.17, 15) is 22.8 Å². The molecule has 0 N–H and O–H groups in total. The van der Waals surface area contributed by atoms with Gasteiger partial charge in [0, 0.05) is 0 Å². The fourth-order valence-corrected chi connectivity index (χ4v) is 4.24. The predicted molar refractivity (Wildman–Crippen MR) is 129 cm³/mol. The molecule has 0 heterocycles. The number of carbonyl (C=O) groups excluding carboxylic acids is 2. The van der Waals surface area contributed by atoms with E-state index in [0.29, 0.717) is 25.7 Å². The fraction of sp³-hybridized carbons (Fsp3) is 0.500. The summed E-state index contributed by atoms with van der Waals surface area (Å²) in [6, 6.07) is 9.20. The average Bonchev–Trinajstić information content (AvgIpc) is 2.89. The molecule has 1 atom stereocenters. The number of hydrogen-bond donors (Lipinski definition) is 0. The van der Waals surface area contributed by atoms with Crippen molar-refractivity contribution >= 4 is 11.9 Å². The van der Waals surface area contributed by atoms with Gasteiger partial charge in [0.1, 0.15) is 11.9 Å². The summed E-state index contributed by atoms with van der Waals surface area (Å²) in [6.07, 6.45) is 3.33. The molecule has 0 aromatic heterocycles. The molecule has 2 aromatic rings. The molecule has 196 valence electrons. The van der Waals surface area contributed by atoms with E-state index in [1.807, 2.05) is 26.0 Å². The van der Waals surface area contributed by atoms with Crippen LogP contribution < -0.4 is 9.47 Å². The maximum atomic E-state index is 14.4. The Bertz CT molecular complexity index is 1020. The van der Waals surface area contributed by atoms with Gasteiger partial charge >= 0.3 is 11.9 Å². The van der Waals surface area contributed by atoms with Crippen LogP contribution in [0.1, 0.15) is 87.1 Å². The van der Waals surface area contributed by atoms with Crippen LogP contribution in [0.15, 0.2) is 36.4 Å². The molecule has 1 aliphatic rings. The minimum absolute atomic E-state index is 0.196. The highest BCUT2D eigenvalue weighted by Gasteiger charge is 2.28. The second-order valence-electron chi connectivity index (χ2n) is 9.07. The number of alkyl halides is 1. The summed E-state index contributed by atoms with van der Waals surface area (Å²) in [4.78, 5) is 24.3. The summed E-state index contributed by atoms with van der Waals surface area (Å²) in [5.74, 6) is -4.12. The van der Waals surface area contributed by atoms with E-state index in [4.69, 9.17) is 14.2 Å². The quantitative estimate of drug-likeness (QED) is 0.241. The molecular weight excluding hydrogens is 473 g/mol. The summed E-state index contributed by atoms with van der Waals surface area (Å²) in [5.41, 5.74) is 0.513. The Balaban J connectivity index is 1.52. The normalized spacial score (nSPS) is 18.4. The van der Waals surface area contributed by atoms with Gasteiger partial charge in [0.25, 0.3) is 0 Å². The molecule has 36 heavy (non-hydrogen) atoms. The van der Waals surface area contributed by atoms with Crippen LogP contribution in [0.4, 0.5) is 13.2 Å². The van der Waals surface area contributed by atoms with Crippen LogP contribution in [0.5, 0.6) is 11.5 Å². The van der Waals surface area contributed by atoms with Gasteiger partial charge in [0.05, 0.1) is 12.2 Å². The Morgan fingerprint density at radius 1 is 0.944 bits per heavy atom. The zero-order valence-electron chi connectivity index (χ0n) is 20.7. The third kappa shape index (κ3) is 7.24. The molecule has 0 radical (unpaired) electrons. The van der Waals surface area contributed by atoms with Crippen molar-refractivity contribution in [2.24, 2.45) is 0 Å². The van der Waals surface area contributed by atoms with Crippen molar-refractivity contribution in [2.75, 3.05) is 6.61 Å². The smallest absolute Gasteiger partial charge is 0.346 e. The van der Waals surface area contributed by atoms with E-state index in [2.05, 4.69) is 0 Å². The van der Waals surface area contributed by atoms with Crippen molar-refractivity contribution in [3.8, 4) is 11.5 Å². The lowest BCUT2D eigenvalue weighted by atomic mass is 9.83. The second kappa shape index (κ2) is 13.3. The summed E-state index contributed by atoms with van der Waals surface area (Å²) < 4.78 is 58.1. The zero-order chi connectivity index (χ0) is 26.1. The summed E-state index contributed by atoms with van der Waals surface area (Å²) in [5, 5.41) is 0. The number of rotatable bonds is 11. The van der Waals surface area contributed by atoms with E-state index in [1.165, 1.54) is 6.07 Å². The van der Waals surface area contributed by atoms with Crippen molar-refractivity contribution in [2.45, 2.75) is 83.4 Å². The number of carbonyl (C=O) groups is 2. The standard InChI is InChI=1S/C28H33F3O5/c1-3-5-6-23(29)28(33)36-21-13-9-19(10-14-21)18-7-11-20(12-8-18)35-27(32)22-15-16-24(34-17-4-2)26(31)25(22)30/h7-8,11-12,15-16,19,21,23H,3-6,9-10,13-14,17H2,1-2H3/t19?,21?,23-/m0/s1. The zero-order valence-corrected chi connectivity index (χ0v) is 20.7. The Morgan fingerprint density at radius 2 is 1.64 bits per heavy atom. The SMILES string of the molecule is CCCC[C@H](F)C(=O)OC1CCC(c2ccc(OC(=O)c3ccc(OCCC)c(F)c3F)cc2)CC1. The average molecular weight is 507 g/mol. The maximum absolute atomic E-state index is 14.4. The first kappa shape index (κ1) is 27.6. The maximum Gasteiger partial charge on any atom is 0.346 e. The van der Waals surface area contributed by atoms with Gasteiger partial charge in [-0.3, -0.25) is 0 Å². The van der Waals surface area contributed by atoms with Gasteiger partial charge in [-0.2, -0.15) is 4.39 Å². The minimum Gasteiger partial charge on any atom is -0.490 e. The predicted octanol–water partition coefficient (Wildman–Crippen LogP) is 7.07. The number of ether oxygens (including phenoxy) is 3. The van der Waals surface area contributed by atoms with Gasteiger partial charge < -0.3 is 14.2 Å². The highest BCUT2D eigenvalue weighted by molar-refractivity contribution is 5.91. The van der Waals surface area contributed by atoms with E-state index < -0.39 is 35.3 Å². The van der Waals surface area contributed by atoms with Crippen LogP contribution >= 0.6 is 0 Å². The first-order chi connectivity index (χ1) is 17.3. The van der Waals surface area contributed by atoms with Crippen LogP contribution in [-0.4, -0.2) is 30.8 Å². The fourth-order valence-electron chi connectivity index (χ4n) is 4.24. The first-order valence-corrected chi connectivity index (χ1v) is 12.6. The molecule has 0 spiro atoms. The van der Waals surface area contributed by atoms with Crippen molar-refractivity contribution in [1.29, 1.82) is 0 Å². The third-order valence-corrected chi connectivity index (χ3v) is 6.31. The van der Waals surface area contributed by atoms with Gasteiger partial charge in [-0.1, -0.05) is 38.8 Å². The molecule has 0 unspecified atom stereocenters. The van der Waals surface area contributed by atoms with E-state index in [-0.39, 0.29) is 36.5 Å². The number of halogens is 3. The number of benzene rings is 2. The van der Waals surface area contributed by atoms with Crippen molar-refractivity contribution in [3.05, 3.63) is 59.2 Å². The first-order valence-electron chi connectivity index (χ1n) is 12.6. The Labute approximate surface area is 209 Å². The third-order valence-electron chi connectivity index (χ3n) is 6.31. The summed E-state index contributed by atoms with van der Waals surface area (Å²) in [7, 11) is 0. The molecule has 8 heteroatoms. The lowest BCUT2D eigenvalue weighted by Crippen LogP contribution is -2.28. The molecule has 3 rings (SSSR count). The highest BCUT2D eigenvalue weighted by atomic mass is 19.2.